The molecule has 8 heteroatoms. The van der Waals surface area contributed by atoms with Crippen LogP contribution in [0.4, 0.5) is 0 Å². The van der Waals surface area contributed by atoms with Crippen LogP contribution in [0.25, 0.3) is 0 Å². The molecule has 0 atom stereocenters. The number of aromatic nitrogens is 1. The van der Waals surface area contributed by atoms with E-state index >= 15 is 0 Å². The van der Waals surface area contributed by atoms with E-state index < -0.39 is 0 Å². The first kappa shape index (κ1) is 17.3. The van der Waals surface area contributed by atoms with Crippen molar-refractivity contribution in [3.63, 3.8) is 0 Å². The Kier molecular flexibility index (Phi) is 7.13. The lowest BCUT2D eigenvalue weighted by molar-refractivity contribution is 0.455. The van der Waals surface area contributed by atoms with Gasteiger partial charge in [-0.3, -0.25) is 0 Å². The average Bonchev–Trinajstić information content (AvgIpc) is 2.64. The van der Waals surface area contributed by atoms with E-state index in [0.717, 1.165) is 30.3 Å². The predicted octanol–water partition coefficient (Wildman–Crippen LogP) is 2.81. The Morgan fingerprint density at radius 1 is 1.42 bits per heavy atom. The smallest absolute Gasteiger partial charge is 0.191 e. The molecule has 0 aliphatic carbocycles. The lowest BCUT2D eigenvalue weighted by atomic mass is 10.4. The van der Waals surface area contributed by atoms with Crippen molar-refractivity contribution < 1.29 is 0 Å². The van der Waals surface area contributed by atoms with Gasteiger partial charge < -0.3 is 15.2 Å². The van der Waals surface area contributed by atoms with E-state index in [9.17, 15) is 0 Å². The predicted molar refractivity (Wildman–Crippen MR) is 95.1 cm³/mol. The second kappa shape index (κ2) is 7.85. The Hall–Kier alpha value is 0.210. The van der Waals surface area contributed by atoms with Gasteiger partial charge in [-0.1, -0.05) is 23.2 Å². The summed E-state index contributed by atoms with van der Waals surface area (Å²) in [6.45, 7) is 2.43. The summed E-state index contributed by atoms with van der Waals surface area (Å²) in [5, 5.41) is 1.09. The highest BCUT2D eigenvalue weighted by molar-refractivity contribution is 14.0. The topological polar surface area (TPSA) is 46.6 Å². The van der Waals surface area contributed by atoms with Crippen LogP contribution in [0.3, 0.4) is 0 Å². The maximum absolute atomic E-state index is 6.00. The zero-order valence-electron chi connectivity index (χ0n) is 10.6. The zero-order chi connectivity index (χ0) is 13.1. The molecule has 1 aromatic heterocycles. The standard InChI is InChI=1S/C11H16Cl2N4S.HI/c1-16-8(6-9(12)10(16)13)7-15-11(14)17-2-4-18-5-3-17;/h6H,2-5,7H2,1H3,(H2,14,15);1H. The van der Waals surface area contributed by atoms with Crippen LogP contribution in [0.2, 0.25) is 10.2 Å². The van der Waals surface area contributed by atoms with E-state index in [0.29, 0.717) is 22.7 Å². The molecule has 0 unspecified atom stereocenters. The molecule has 2 N–H and O–H groups in total. The molecule has 1 saturated heterocycles. The van der Waals surface area contributed by atoms with Crippen molar-refractivity contribution in [2.24, 2.45) is 17.8 Å². The maximum Gasteiger partial charge on any atom is 0.191 e. The summed E-state index contributed by atoms with van der Waals surface area (Å²) in [5.74, 6) is 2.82. The quantitative estimate of drug-likeness (QED) is 0.442. The van der Waals surface area contributed by atoms with Gasteiger partial charge in [-0.05, 0) is 6.07 Å². The molecule has 1 aliphatic heterocycles. The molecule has 2 heterocycles. The highest BCUT2D eigenvalue weighted by atomic mass is 127. The summed E-state index contributed by atoms with van der Waals surface area (Å²) >= 11 is 13.9. The number of hydrogen-bond donors (Lipinski definition) is 1. The first-order valence-corrected chi connectivity index (χ1v) is 7.63. The first-order valence-electron chi connectivity index (χ1n) is 5.72. The highest BCUT2D eigenvalue weighted by Gasteiger charge is 2.13. The third kappa shape index (κ3) is 4.34. The second-order valence-corrected chi connectivity index (χ2v) is 6.10. The molecule has 19 heavy (non-hydrogen) atoms. The minimum Gasteiger partial charge on any atom is -0.370 e. The van der Waals surface area contributed by atoms with Gasteiger partial charge in [0.25, 0.3) is 0 Å². The van der Waals surface area contributed by atoms with Crippen LogP contribution in [0.1, 0.15) is 5.69 Å². The Labute approximate surface area is 144 Å². The largest absolute Gasteiger partial charge is 0.370 e. The second-order valence-electron chi connectivity index (χ2n) is 4.11. The van der Waals surface area contributed by atoms with Gasteiger partial charge in [-0.2, -0.15) is 11.8 Å². The molecule has 0 amide bonds. The third-order valence-electron chi connectivity index (χ3n) is 2.95. The molecule has 0 aromatic carbocycles. The summed E-state index contributed by atoms with van der Waals surface area (Å²) < 4.78 is 1.83. The van der Waals surface area contributed by atoms with E-state index in [4.69, 9.17) is 28.9 Å². The van der Waals surface area contributed by atoms with Gasteiger partial charge in [0, 0.05) is 37.3 Å². The number of halogens is 3. The number of nitrogens with two attached hydrogens (primary N) is 1. The normalized spacial score (nSPS) is 16.4. The van der Waals surface area contributed by atoms with Gasteiger partial charge >= 0.3 is 0 Å². The van der Waals surface area contributed by atoms with Crippen molar-refractivity contribution in [1.29, 1.82) is 0 Å². The number of aliphatic imine (C=N–C) groups is 1. The van der Waals surface area contributed by atoms with Gasteiger partial charge in [0.2, 0.25) is 0 Å². The molecule has 0 radical (unpaired) electrons. The lowest BCUT2D eigenvalue weighted by Crippen LogP contribution is -2.42. The lowest BCUT2D eigenvalue weighted by Gasteiger charge is -2.27. The fourth-order valence-corrected chi connectivity index (χ4v) is 3.11. The van der Waals surface area contributed by atoms with Crippen LogP contribution >= 0.6 is 58.9 Å². The number of nitrogens with zero attached hydrogens (tertiary/aromatic N) is 3. The maximum atomic E-state index is 6.00. The molecule has 0 saturated carbocycles. The fraction of sp³-hybridized carbons (Fsp3) is 0.545. The van der Waals surface area contributed by atoms with Gasteiger partial charge in [-0.25, -0.2) is 4.99 Å². The van der Waals surface area contributed by atoms with E-state index in [1.165, 1.54) is 0 Å². The Bertz CT molecular complexity index is 458. The molecule has 0 bridgehead atoms. The highest BCUT2D eigenvalue weighted by Crippen LogP contribution is 2.25. The van der Waals surface area contributed by atoms with E-state index in [1.54, 1.807) is 0 Å². The van der Waals surface area contributed by atoms with Crippen molar-refractivity contribution in [3.8, 4) is 0 Å². The number of guanidine groups is 1. The van der Waals surface area contributed by atoms with Crippen LogP contribution in [0.15, 0.2) is 11.1 Å². The van der Waals surface area contributed by atoms with Crippen molar-refractivity contribution >= 4 is 64.9 Å². The minimum absolute atomic E-state index is 0. The Morgan fingerprint density at radius 3 is 2.58 bits per heavy atom. The molecule has 0 spiro atoms. The fourth-order valence-electron chi connectivity index (χ4n) is 1.80. The minimum atomic E-state index is 0. The van der Waals surface area contributed by atoms with Gasteiger partial charge in [0.05, 0.1) is 11.6 Å². The number of thioether (sulfide) groups is 1. The summed E-state index contributed by atoms with van der Waals surface area (Å²) in [7, 11) is 1.87. The summed E-state index contributed by atoms with van der Waals surface area (Å²) in [4.78, 5) is 6.52. The molecule has 1 fully saturated rings. The van der Waals surface area contributed by atoms with Gasteiger partial charge in [0.15, 0.2) is 5.96 Å². The van der Waals surface area contributed by atoms with Gasteiger partial charge in [0.1, 0.15) is 5.15 Å². The average molecular weight is 435 g/mol. The van der Waals surface area contributed by atoms with Crippen LogP contribution in [0.5, 0.6) is 0 Å². The van der Waals surface area contributed by atoms with E-state index in [-0.39, 0.29) is 24.0 Å². The van der Waals surface area contributed by atoms with Crippen LogP contribution in [0, 0.1) is 0 Å². The number of hydrogen-bond acceptors (Lipinski definition) is 2. The molecule has 1 aliphatic rings. The van der Waals surface area contributed by atoms with Crippen molar-refractivity contribution in [1.82, 2.24) is 9.47 Å². The summed E-state index contributed by atoms with van der Waals surface area (Å²) in [6, 6.07) is 1.83. The molecule has 4 nitrogen and oxygen atoms in total. The van der Waals surface area contributed by atoms with Crippen molar-refractivity contribution in [2.75, 3.05) is 24.6 Å². The van der Waals surface area contributed by atoms with E-state index in [1.807, 2.05) is 29.4 Å². The molecule has 1 aromatic rings. The first-order chi connectivity index (χ1) is 8.59. The summed E-state index contributed by atoms with van der Waals surface area (Å²) in [5.41, 5.74) is 6.94. The van der Waals surface area contributed by atoms with Crippen LogP contribution in [-0.2, 0) is 13.6 Å². The van der Waals surface area contributed by atoms with Crippen LogP contribution < -0.4 is 5.73 Å². The molecule has 2 rings (SSSR count). The van der Waals surface area contributed by atoms with Crippen molar-refractivity contribution in [3.05, 3.63) is 21.9 Å². The Balaban J connectivity index is 0.00000180. The molecular weight excluding hydrogens is 418 g/mol. The monoisotopic (exact) mass is 434 g/mol. The Morgan fingerprint density at radius 2 is 2.05 bits per heavy atom. The zero-order valence-corrected chi connectivity index (χ0v) is 15.3. The van der Waals surface area contributed by atoms with Gasteiger partial charge in [-0.15, -0.1) is 24.0 Å². The van der Waals surface area contributed by atoms with E-state index in [2.05, 4.69) is 9.89 Å². The number of rotatable bonds is 2. The SMILES string of the molecule is Cn1c(CN=C(N)N2CCSCC2)cc(Cl)c1Cl.I. The van der Waals surface area contributed by atoms with Crippen molar-refractivity contribution in [2.45, 2.75) is 6.54 Å². The molecule has 108 valence electrons. The van der Waals surface area contributed by atoms with Crippen LogP contribution in [-0.4, -0.2) is 40.0 Å². The third-order valence-corrected chi connectivity index (χ3v) is 4.74. The summed E-state index contributed by atoms with van der Waals surface area (Å²) in [6.07, 6.45) is 0. The molecular formula is C11H17Cl2IN4S.